The first-order valence-corrected chi connectivity index (χ1v) is 12.2. The molecule has 0 radical (unpaired) electrons. The molecule has 3 amide bonds. The molecule has 3 atom stereocenters. The van der Waals surface area contributed by atoms with Crippen LogP contribution in [0.15, 0.2) is 48.5 Å². The highest BCUT2D eigenvalue weighted by Gasteiger charge is 2.29. The van der Waals surface area contributed by atoms with Crippen LogP contribution < -0.4 is 27.4 Å². The molecule has 10 N–H and O–H groups in total. The molecular weight excluding hydrogens is 494 g/mol. The Morgan fingerprint density at radius 3 is 1.55 bits per heavy atom. The van der Waals surface area contributed by atoms with E-state index in [1.165, 1.54) is 24.3 Å². The molecule has 206 valence electrons. The van der Waals surface area contributed by atoms with Gasteiger partial charge in [0, 0.05) is 12.8 Å². The van der Waals surface area contributed by atoms with Gasteiger partial charge in [0.1, 0.15) is 29.6 Å². The third-order valence-electron chi connectivity index (χ3n) is 5.78. The molecule has 0 aromatic heterocycles. The predicted octanol–water partition coefficient (Wildman–Crippen LogP) is -0.490. The number of phenols is 2. The van der Waals surface area contributed by atoms with Crippen molar-refractivity contribution in [2.24, 2.45) is 11.5 Å². The van der Waals surface area contributed by atoms with Gasteiger partial charge in [-0.3, -0.25) is 14.4 Å². The molecule has 2 aromatic carbocycles. The lowest BCUT2D eigenvalue weighted by atomic mass is 10.0. The number of phenolic OH excluding ortho intramolecular Hbond substituents is 2. The number of unbranched alkanes of at least 4 members (excludes halogenated alkanes) is 1. The highest BCUT2D eigenvalue weighted by Crippen LogP contribution is 2.14. The quantitative estimate of drug-likeness (QED) is 0.139. The summed E-state index contributed by atoms with van der Waals surface area (Å²) < 4.78 is 0. The van der Waals surface area contributed by atoms with Crippen LogP contribution in [0.4, 0.5) is 0 Å². The molecule has 12 heteroatoms. The molecule has 0 heterocycles. The normalized spacial score (nSPS) is 13.1. The minimum Gasteiger partial charge on any atom is -0.508 e. The van der Waals surface area contributed by atoms with Crippen molar-refractivity contribution < 1.29 is 34.5 Å². The van der Waals surface area contributed by atoms with Gasteiger partial charge in [-0.1, -0.05) is 24.3 Å². The summed E-state index contributed by atoms with van der Waals surface area (Å²) in [6, 6.07) is 8.56. The van der Waals surface area contributed by atoms with E-state index in [4.69, 9.17) is 11.5 Å². The number of carbonyl (C=O) groups is 4. The molecule has 0 fully saturated rings. The molecule has 0 aliphatic heterocycles. The highest BCUT2D eigenvalue weighted by atomic mass is 16.4. The Kier molecular flexibility index (Phi) is 12.0. The third-order valence-corrected chi connectivity index (χ3v) is 5.78. The summed E-state index contributed by atoms with van der Waals surface area (Å²) in [5, 5.41) is 36.3. The number of carboxylic acids is 1. The lowest BCUT2D eigenvalue weighted by molar-refractivity contribution is -0.142. The van der Waals surface area contributed by atoms with Gasteiger partial charge in [-0.25, -0.2) is 4.79 Å². The number of aliphatic carboxylic acids is 1. The van der Waals surface area contributed by atoms with E-state index in [2.05, 4.69) is 16.0 Å². The molecule has 0 spiro atoms. The second-order valence-electron chi connectivity index (χ2n) is 8.81. The van der Waals surface area contributed by atoms with E-state index in [0.717, 1.165) is 0 Å². The number of nitrogens with one attached hydrogen (secondary N) is 3. The van der Waals surface area contributed by atoms with E-state index in [9.17, 15) is 34.5 Å². The third kappa shape index (κ3) is 10.1. The number of carbonyl (C=O) groups excluding carboxylic acids is 3. The number of benzene rings is 2. The molecule has 0 saturated heterocycles. The summed E-state index contributed by atoms with van der Waals surface area (Å²) in [5.41, 5.74) is 12.1. The van der Waals surface area contributed by atoms with Crippen molar-refractivity contribution in [2.75, 3.05) is 13.1 Å². The van der Waals surface area contributed by atoms with Crippen LogP contribution in [-0.2, 0) is 32.0 Å². The average molecular weight is 530 g/mol. The number of aromatic hydroxyl groups is 2. The minimum absolute atomic E-state index is 0.0102. The molecule has 0 saturated carbocycles. The number of hydrogen-bond donors (Lipinski definition) is 8. The van der Waals surface area contributed by atoms with Gasteiger partial charge in [0.05, 0.1) is 6.54 Å². The van der Waals surface area contributed by atoms with Crippen molar-refractivity contribution >= 4 is 23.7 Å². The fourth-order valence-corrected chi connectivity index (χ4v) is 3.70. The van der Waals surface area contributed by atoms with E-state index in [-0.39, 0.29) is 37.3 Å². The zero-order valence-electron chi connectivity index (χ0n) is 20.9. The van der Waals surface area contributed by atoms with Crippen LogP contribution in [0, 0.1) is 0 Å². The molecule has 12 nitrogen and oxygen atoms in total. The molecule has 2 aromatic rings. The van der Waals surface area contributed by atoms with E-state index in [1.807, 2.05) is 0 Å². The van der Waals surface area contributed by atoms with Crippen molar-refractivity contribution in [3.05, 3.63) is 59.7 Å². The molecular formula is C26H35N5O7. The summed E-state index contributed by atoms with van der Waals surface area (Å²) in [5.74, 6) is -3.16. The topological polar surface area (TPSA) is 217 Å². The molecule has 3 unspecified atom stereocenters. The number of rotatable bonds is 15. The average Bonchev–Trinajstić information content (AvgIpc) is 2.89. The van der Waals surface area contributed by atoms with Crippen molar-refractivity contribution in [1.29, 1.82) is 0 Å². The second kappa shape index (κ2) is 15.2. The molecule has 2 rings (SSSR count). The zero-order chi connectivity index (χ0) is 28.1. The first kappa shape index (κ1) is 30.1. The van der Waals surface area contributed by atoms with E-state index < -0.39 is 41.8 Å². The van der Waals surface area contributed by atoms with Crippen molar-refractivity contribution in [1.82, 2.24) is 16.0 Å². The van der Waals surface area contributed by atoms with Gasteiger partial charge < -0.3 is 42.7 Å². The lowest BCUT2D eigenvalue weighted by Gasteiger charge is -2.25. The Morgan fingerprint density at radius 1 is 0.684 bits per heavy atom. The summed E-state index contributed by atoms with van der Waals surface area (Å²) in [4.78, 5) is 50.2. The Bertz CT molecular complexity index is 1080. The van der Waals surface area contributed by atoms with Crippen LogP contribution in [0.25, 0.3) is 0 Å². The molecule has 38 heavy (non-hydrogen) atoms. The van der Waals surface area contributed by atoms with E-state index in [1.54, 1.807) is 24.3 Å². The summed E-state index contributed by atoms with van der Waals surface area (Å²) >= 11 is 0. The maximum atomic E-state index is 13.3. The van der Waals surface area contributed by atoms with Crippen LogP contribution in [0.5, 0.6) is 11.5 Å². The van der Waals surface area contributed by atoms with Crippen molar-refractivity contribution in [3.8, 4) is 11.5 Å². The zero-order valence-corrected chi connectivity index (χ0v) is 20.9. The summed E-state index contributed by atoms with van der Waals surface area (Å²) in [6.45, 7) is 0.0244. The van der Waals surface area contributed by atoms with Crippen LogP contribution in [-0.4, -0.2) is 70.2 Å². The van der Waals surface area contributed by atoms with Crippen molar-refractivity contribution in [3.63, 3.8) is 0 Å². The number of amides is 3. The highest BCUT2D eigenvalue weighted by molar-refractivity contribution is 5.93. The minimum atomic E-state index is -1.22. The fraction of sp³-hybridized carbons (Fsp3) is 0.385. The molecule has 0 aliphatic rings. The Hall–Kier alpha value is -4.16. The number of hydrogen-bond acceptors (Lipinski definition) is 8. The first-order valence-electron chi connectivity index (χ1n) is 12.2. The predicted molar refractivity (Wildman–Crippen MR) is 139 cm³/mol. The Morgan fingerprint density at radius 2 is 1.13 bits per heavy atom. The standard InChI is InChI=1S/C26H35N5O7/c27-12-2-1-3-20(26(37)38)30-25(36)22(14-17-6-10-19(33)11-7-17)31-24(35)21(29-23(34)15-28)13-16-4-8-18(32)9-5-16/h4-11,20-22,32-33H,1-3,12-15,27-28H2,(H,29,34)(H,30,36)(H,31,35)(H,37,38). The summed E-state index contributed by atoms with van der Waals surface area (Å²) in [6.07, 6.45) is 1.27. The van der Waals surface area contributed by atoms with Gasteiger partial charge in [0.15, 0.2) is 0 Å². The monoisotopic (exact) mass is 529 g/mol. The molecule has 0 bridgehead atoms. The van der Waals surface area contributed by atoms with Gasteiger partial charge in [-0.15, -0.1) is 0 Å². The lowest BCUT2D eigenvalue weighted by Crippen LogP contribution is -2.57. The van der Waals surface area contributed by atoms with Gasteiger partial charge in [-0.2, -0.15) is 0 Å². The largest absolute Gasteiger partial charge is 0.508 e. The van der Waals surface area contributed by atoms with Crippen LogP contribution in [0.3, 0.4) is 0 Å². The van der Waals surface area contributed by atoms with Gasteiger partial charge in [0.2, 0.25) is 17.7 Å². The Labute approximate surface area is 220 Å². The van der Waals surface area contributed by atoms with Crippen LogP contribution in [0.1, 0.15) is 30.4 Å². The van der Waals surface area contributed by atoms with E-state index >= 15 is 0 Å². The van der Waals surface area contributed by atoms with Crippen molar-refractivity contribution in [2.45, 2.75) is 50.2 Å². The maximum Gasteiger partial charge on any atom is 0.326 e. The maximum absolute atomic E-state index is 13.3. The summed E-state index contributed by atoms with van der Waals surface area (Å²) in [7, 11) is 0. The first-order chi connectivity index (χ1) is 18.1. The Balaban J connectivity index is 2.26. The van der Waals surface area contributed by atoms with E-state index in [0.29, 0.717) is 30.5 Å². The van der Waals surface area contributed by atoms with Gasteiger partial charge >= 0.3 is 5.97 Å². The SMILES string of the molecule is NCCCCC(NC(=O)C(Cc1ccc(O)cc1)NC(=O)C(Cc1ccc(O)cc1)NC(=O)CN)C(=O)O. The number of carboxylic acid groups (broad SMARTS) is 1. The fourth-order valence-electron chi connectivity index (χ4n) is 3.70. The van der Waals surface area contributed by atoms with Gasteiger partial charge in [0.25, 0.3) is 0 Å². The van der Waals surface area contributed by atoms with Crippen LogP contribution >= 0.6 is 0 Å². The number of nitrogens with two attached hydrogens (primary N) is 2. The smallest absolute Gasteiger partial charge is 0.326 e. The van der Waals surface area contributed by atoms with Gasteiger partial charge in [-0.05, 0) is 61.2 Å². The second-order valence-corrected chi connectivity index (χ2v) is 8.81. The molecule has 0 aliphatic carbocycles. The van der Waals surface area contributed by atoms with Crippen LogP contribution in [0.2, 0.25) is 0 Å².